The van der Waals surface area contributed by atoms with Crippen LogP contribution in [0.4, 0.5) is 13.2 Å². The van der Waals surface area contributed by atoms with E-state index in [9.17, 15) is 13.2 Å². The monoisotopic (exact) mass is 180 g/mol. The Hall–Kier alpha value is -1.00. The smallest absolute Gasteiger partial charge is 0.335 e. The lowest BCUT2D eigenvalue weighted by molar-refractivity contribution is 0.00819. The van der Waals surface area contributed by atoms with Crippen LogP contribution in [0.15, 0.2) is 12.4 Å². The van der Waals surface area contributed by atoms with E-state index in [4.69, 9.17) is 0 Å². The summed E-state index contributed by atoms with van der Waals surface area (Å²) in [5.41, 5.74) is 0. The van der Waals surface area contributed by atoms with Gasteiger partial charge in [0.15, 0.2) is 0 Å². The SMILES string of the molecule is CCn1ccnc1C.FC(F)F. The lowest BCUT2D eigenvalue weighted by Gasteiger charge is -1.95. The number of rotatable bonds is 1. The minimum absolute atomic E-state index is 1.02. The van der Waals surface area contributed by atoms with E-state index in [0.29, 0.717) is 0 Å². The van der Waals surface area contributed by atoms with Crippen LogP contribution in [-0.4, -0.2) is 16.2 Å². The van der Waals surface area contributed by atoms with Gasteiger partial charge in [-0.15, -0.1) is 0 Å². The molecule has 70 valence electrons. The van der Waals surface area contributed by atoms with E-state index in [-0.39, 0.29) is 0 Å². The molecule has 1 rings (SSSR count). The van der Waals surface area contributed by atoms with Crippen LogP contribution in [-0.2, 0) is 6.54 Å². The van der Waals surface area contributed by atoms with Crippen molar-refractivity contribution in [2.24, 2.45) is 0 Å². The molecule has 0 N–H and O–H groups in total. The Morgan fingerprint density at radius 1 is 1.50 bits per heavy atom. The third kappa shape index (κ3) is 4.76. The molecule has 0 aliphatic carbocycles. The van der Waals surface area contributed by atoms with E-state index in [1.54, 1.807) is 0 Å². The van der Waals surface area contributed by atoms with Crippen molar-refractivity contribution in [3.05, 3.63) is 18.2 Å². The van der Waals surface area contributed by atoms with E-state index >= 15 is 0 Å². The zero-order valence-corrected chi connectivity index (χ0v) is 6.97. The standard InChI is InChI=1S/C6H10N2.CHF3/c1-3-8-5-4-7-6(8)2;2-1(3)4/h4-5H,3H2,1-2H3;1H. The molecule has 0 aromatic carbocycles. The molecule has 12 heavy (non-hydrogen) atoms. The lowest BCUT2D eigenvalue weighted by Crippen LogP contribution is -1.93. The summed E-state index contributed by atoms with van der Waals surface area (Å²) in [4.78, 5) is 4.05. The van der Waals surface area contributed by atoms with Crippen LogP contribution in [0.2, 0.25) is 0 Å². The summed E-state index contributed by atoms with van der Waals surface area (Å²) in [7, 11) is 0. The van der Waals surface area contributed by atoms with Crippen LogP contribution in [0.3, 0.4) is 0 Å². The van der Waals surface area contributed by atoms with Crippen LogP contribution in [0.25, 0.3) is 0 Å². The minimum Gasteiger partial charge on any atom is -0.335 e. The van der Waals surface area contributed by atoms with Gasteiger partial charge in [-0.2, -0.15) is 13.2 Å². The van der Waals surface area contributed by atoms with Gasteiger partial charge in [0.1, 0.15) is 5.82 Å². The molecule has 0 unspecified atom stereocenters. The molecule has 0 bridgehead atoms. The predicted octanol–water partition coefficient (Wildman–Crippen LogP) is 2.39. The molecule has 0 aliphatic heterocycles. The van der Waals surface area contributed by atoms with Gasteiger partial charge in [0.05, 0.1) is 0 Å². The second kappa shape index (κ2) is 5.62. The zero-order valence-electron chi connectivity index (χ0n) is 6.97. The fourth-order valence-electron chi connectivity index (χ4n) is 0.738. The zero-order chi connectivity index (χ0) is 9.56. The molecule has 1 aromatic rings. The Kier molecular flexibility index (Phi) is 5.16. The number of hydrogen-bond donors (Lipinski definition) is 0. The van der Waals surface area contributed by atoms with Gasteiger partial charge >= 0.3 is 6.68 Å². The maximum absolute atomic E-state index is 9.67. The summed E-state index contributed by atoms with van der Waals surface area (Å²) in [6.07, 6.45) is 3.80. The molecule has 0 aliphatic rings. The summed E-state index contributed by atoms with van der Waals surface area (Å²) in [5, 5.41) is 0. The first-order valence-corrected chi connectivity index (χ1v) is 3.47. The fraction of sp³-hybridized carbons (Fsp3) is 0.571. The molecule has 0 radical (unpaired) electrons. The highest BCUT2D eigenvalue weighted by Crippen LogP contribution is 1.92. The van der Waals surface area contributed by atoms with Crippen molar-refractivity contribution in [3.8, 4) is 0 Å². The van der Waals surface area contributed by atoms with Gasteiger partial charge in [0.25, 0.3) is 0 Å². The minimum atomic E-state index is -3.67. The number of nitrogens with zero attached hydrogens (tertiary/aromatic N) is 2. The number of imidazole rings is 1. The maximum atomic E-state index is 9.67. The summed E-state index contributed by atoms with van der Waals surface area (Å²) in [6.45, 7) is 1.46. The van der Waals surface area contributed by atoms with Gasteiger partial charge in [0, 0.05) is 18.9 Å². The highest BCUT2D eigenvalue weighted by molar-refractivity contribution is 4.87. The van der Waals surface area contributed by atoms with Gasteiger partial charge < -0.3 is 4.57 Å². The first-order valence-electron chi connectivity index (χ1n) is 3.47. The molecule has 0 fully saturated rings. The van der Waals surface area contributed by atoms with Gasteiger partial charge in [-0.1, -0.05) is 0 Å². The van der Waals surface area contributed by atoms with Gasteiger partial charge in [-0.05, 0) is 13.8 Å². The Balaban J connectivity index is 0.000000261. The van der Waals surface area contributed by atoms with Crippen molar-refractivity contribution in [1.82, 2.24) is 9.55 Å². The maximum Gasteiger partial charge on any atom is 0.379 e. The second-order valence-electron chi connectivity index (χ2n) is 2.01. The number of aromatic nitrogens is 2. The van der Waals surface area contributed by atoms with Crippen molar-refractivity contribution >= 4 is 0 Å². The van der Waals surface area contributed by atoms with Crippen LogP contribution in [0.5, 0.6) is 0 Å². The Labute approximate surface area is 69.0 Å². The van der Waals surface area contributed by atoms with Crippen molar-refractivity contribution in [1.29, 1.82) is 0 Å². The summed E-state index contributed by atoms with van der Waals surface area (Å²) >= 11 is 0. The van der Waals surface area contributed by atoms with E-state index < -0.39 is 6.68 Å². The van der Waals surface area contributed by atoms with E-state index in [2.05, 4.69) is 16.5 Å². The van der Waals surface area contributed by atoms with Crippen molar-refractivity contribution in [3.63, 3.8) is 0 Å². The molecule has 2 nitrogen and oxygen atoms in total. The molecule has 0 saturated carbocycles. The van der Waals surface area contributed by atoms with Crippen LogP contribution in [0, 0.1) is 6.92 Å². The van der Waals surface area contributed by atoms with Gasteiger partial charge in [-0.3, -0.25) is 0 Å². The molecular weight excluding hydrogens is 169 g/mol. The summed E-state index contributed by atoms with van der Waals surface area (Å²) in [6, 6.07) is 0. The van der Waals surface area contributed by atoms with Crippen molar-refractivity contribution in [2.45, 2.75) is 27.1 Å². The quantitative estimate of drug-likeness (QED) is 0.648. The molecule has 0 amide bonds. The van der Waals surface area contributed by atoms with E-state index in [1.807, 2.05) is 19.3 Å². The van der Waals surface area contributed by atoms with Crippen molar-refractivity contribution < 1.29 is 13.2 Å². The lowest BCUT2D eigenvalue weighted by atomic mass is 10.6. The number of halogens is 3. The largest absolute Gasteiger partial charge is 0.379 e. The van der Waals surface area contributed by atoms with E-state index in [1.165, 1.54) is 0 Å². The van der Waals surface area contributed by atoms with Crippen LogP contribution >= 0.6 is 0 Å². The fourth-order valence-corrected chi connectivity index (χ4v) is 0.738. The topological polar surface area (TPSA) is 17.8 Å². The number of alkyl halides is 3. The predicted molar refractivity (Wildman–Crippen MR) is 39.8 cm³/mol. The highest BCUT2D eigenvalue weighted by atomic mass is 19.4. The molecule has 5 heteroatoms. The normalized spacial score (nSPS) is 9.50. The van der Waals surface area contributed by atoms with Gasteiger partial charge in [0.2, 0.25) is 0 Å². The average Bonchev–Trinajstić information content (AvgIpc) is 2.33. The first kappa shape index (κ1) is 11.0. The van der Waals surface area contributed by atoms with Crippen molar-refractivity contribution in [2.75, 3.05) is 0 Å². The van der Waals surface area contributed by atoms with Crippen LogP contribution < -0.4 is 0 Å². The highest BCUT2D eigenvalue weighted by Gasteiger charge is 1.88. The molecule has 1 aromatic heterocycles. The van der Waals surface area contributed by atoms with Crippen LogP contribution in [0.1, 0.15) is 12.7 Å². The first-order chi connectivity index (χ1) is 5.57. The average molecular weight is 180 g/mol. The molecular formula is C7H11F3N2. The van der Waals surface area contributed by atoms with Gasteiger partial charge in [-0.25, -0.2) is 4.98 Å². The molecule has 1 heterocycles. The molecule has 0 spiro atoms. The third-order valence-corrected chi connectivity index (χ3v) is 1.26. The summed E-state index contributed by atoms with van der Waals surface area (Å²) in [5.74, 6) is 1.09. The summed E-state index contributed by atoms with van der Waals surface area (Å²) < 4.78 is 31.1. The van der Waals surface area contributed by atoms with E-state index in [0.717, 1.165) is 12.4 Å². The third-order valence-electron chi connectivity index (χ3n) is 1.26. The Morgan fingerprint density at radius 3 is 2.17 bits per heavy atom. The Bertz CT molecular complexity index is 207. The molecule has 0 atom stereocenters. The number of hydrogen-bond acceptors (Lipinski definition) is 1. The Morgan fingerprint density at radius 2 is 2.00 bits per heavy atom. The second-order valence-corrected chi connectivity index (χ2v) is 2.01. The molecule has 0 saturated heterocycles. The number of aryl methyl sites for hydroxylation is 2.